The number of unbranched alkanes of at least 4 members (excludes halogenated alkanes) is 1. The first kappa shape index (κ1) is 20.3. The number of hydrogen-bond donors (Lipinski definition) is 2. The Morgan fingerprint density at radius 1 is 0.963 bits per heavy atom. The van der Waals surface area contributed by atoms with Crippen molar-refractivity contribution in [1.29, 1.82) is 0 Å². The van der Waals surface area contributed by atoms with Gasteiger partial charge in [0.05, 0.1) is 0 Å². The first-order valence-electron chi connectivity index (χ1n) is 11.0. The van der Waals surface area contributed by atoms with Gasteiger partial charge in [-0.25, -0.2) is 0 Å². The summed E-state index contributed by atoms with van der Waals surface area (Å²) >= 11 is 0. The fourth-order valence-corrected chi connectivity index (χ4v) is 4.84. The summed E-state index contributed by atoms with van der Waals surface area (Å²) in [5.41, 5.74) is 1.60. The fraction of sp³-hybridized carbons (Fsp3) is 0.739. The minimum atomic E-state index is -0.0385. The van der Waals surface area contributed by atoms with Gasteiger partial charge in [-0.1, -0.05) is 52.9 Å². The number of benzene rings is 1. The van der Waals surface area contributed by atoms with Crippen LogP contribution in [0.4, 0.5) is 5.69 Å². The first-order chi connectivity index (χ1) is 12.9. The molecule has 27 heavy (non-hydrogen) atoms. The first-order valence-corrected chi connectivity index (χ1v) is 11.0. The second-order valence-corrected chi connectivity index (χ2v) is 9.17. The molecule has 152 valence electrons. The van der Waals surface area contributed by atoms with Crippen molar-refractivity contribution in [1.82, 2.24) is 4.90 Å². The van der Waals surface area contributed by atoms with Crippen LogP contribution in [0.5, 0.6) is 11.5 Å². The lowest BCUT2D eigenvalue weighted by Gasteiger charge is -2.42. The Hall–Kier alpha value is -1.42. The van der Waals surface area contributed by atoms with Crippen LogP contribution in [0.2, 0.25) is 0 Å². The standard InChI is InChI=1S/C23H38N2O2/c1-4-5-11-23(2,3)18-16-20(26)22(21(27)17-18)25-14-12-24(13-15-25)19-9-7-6-8-10-19/h16-17,19,26-27H,4-15H2,1-3H3. The minimum Gasteiger partial charge on any atom is -0.506 e. The SMILES string of the molecule is CCCCC(C)(C)c1cc(O)c(N2CCN(C3CCCCC3)CC2)c(O)c1. The van der Waals surface area contributed by atoms with Crippen molar-refractivity contribution >= 4 is 5.69 Å². The summed E-state index contributed by atoms with van der Waals surface area (Å²) in [6.45, 7) is 10.4. The topological polar surface area (TPSA) is 46.9 Å². The Labute approximate surface area is 165 Å². The summed E-state index contributed by atoms with van der Waals surface area (Å²) in [7, 11) is 0. The highest BCUT2D eigenvalue weighted by Crippen LogP contribution is 2.42. The van der Waals surface area contributed by atoms with E-state index in [0.29, 0.717) is 5.69 Å². The number of phenols is 2. The monoisotopic (exact) mass is 374 g/mol. The highest BCUT2D eigenvalue weighted by molar-refractivity contribution is 5.68. The molecule has 1 aliphatic carbocycles. The predicted molar refractivity (Wildman–Crippen MR) is 113 cm³/mol. The molecule has 2 fully saturated rings. The number of phenolic OH excluding ortho intramolecular Hbond substituents is 2. The molecule has 1 saturated carbocycles. The van der Waals surface area contributed by atoms with Crippen LogP contribution >= 0.6 is 0 Å². The third kappa shape index (κ3) is 4.71. The van der Waals surface area contributed by atoms with E-state index in [2.05, 4.69) is 30.6 Å². The second-order valence-electron chi connectivity index (χ2n) is 9.17. The Morgan fingerprint density at radius 3 is 2.11 bits per heavy atom. The van der Waals surface area contributed by atoms with Crippen LogP contribution in [0.1, 0.15) is 77.7 Å². The average Bonchev–Trinajstić information content (AvgIpc) is 2.67. The van der Waals surface area contributed by atoms with Gasteiger partial charge in [0.25, 0.3) is 0 Å². The maximum atomic E-state index is 10.7. The van der Waals surface area contributed by atoms with E-state index in [4.69, 9.17) is 0 Å². The molecule has 1 saturated heterocycles. The van der Waals surface area contributed by atoms with E-state index < -0.39 is 0 Å². The maximum Gasteiger partial charge on any atom is 0.143 e. The van der Waals surface area contributed by atoms with Gasteiger partial charge in [-0.15, -0.1) is 0 Å². The zero-order chi connectivity index (χ0) is 19.4. The van der Waals surface area contributed by atoms with E-state index in [1.165, 1.54) is 32.1 Å². The van der Waals surface area contributed by atoms with Gasteiger partial charge in [-0.2, -0.15) is 0 Å². The highest BCUT2D eigenvalue weighted by atomic mass is 16.3. The van der Waals surface area contributed by atoms with E-state index in [1.807, 2.05) is 12.1 Å². The van der Waals surface area contributed by atoms with Gasteiger partial charge in [0.1, 0.15) is 17.2 Å². The molecule has 0 bridgehead atoms. The fourth-order valence-electron chi connectivity index (χ4n) is 4.84. The van der Waals surface area contributed by atoms with Gasteiger partial charge >= 0.3 is 0 Å². The summed E-state index contributed by atoms with van der Waals surface area (Å²) in [6.07, 6.45) is 10.1. The van der Waals surface area contributed by atoms with Crippen LogP contribution < -0.4 is 4.90 Å². The van der Waals surface area contributed by atoms with Crippen LogP contribution in [0.3, 0.4) is 0 Å². The van der Waals surface area contributed by atoms with Crippen molar-refractivity contribution in [3.8, 4) is 11.5 Å². The molecule has 0 amide bonds. The molecule has 1 heterocycles. The number of anilines is 1. The Morgan fingerprint density at radius 2 is 1.56 bits per heavy atom. The van der Waals surface area contributed by atoms with Crippen LogP contribution in [-0.4, -0.2) is 47.3 Å². The zero-order valence-electron chi connectivity index (χ0n) is 17.5. The average molecular weight is 375 g/mol. The summed E-state index contributed by atoms with van der Waals surface area (Å²) in [4.78, 5) is 4.78. The van der Waals surface area contributed by atoms with Gasteiger partial charge in [0.15, 0.2) is 0 Å². The molecule has 0 aromatic heterocycles. The normalized spacial score (nSPS) is 20.2. The lowest BCUT2D eigenvalue weighted by atomic mass is 9.80. The number of nitrogens with zero attached hydrogens (tertiary/aromatic N) is 2. The van der Waals surface area contributed by atoms with Crippen molar-refractivity contribution in [3.63, 3.8) is 0 Å². The van der Waals surface area contributed by atoms with Gasteiger partial charge in [-0.05, 0) is 42.4 Å². The van der Waals surface area contributed by atoms with Gasteiger partial charge in [-0.3, -0.25) is 4.90 Å². The maximum absolute atomic E-state index is 10.7. The number of rotatable bonds is 6. The number of hydrogen-bond acceptors (Lipinski definition) is 4. The van der Waals surface area contributed by atoms with E-state index in [0.717, 1.165) is 57.0 Å². The quantitative estimate of drug-likeness (QED) is 0.734. The molecule has 0 spiro atoms. The molecule has 2 N–H and O–H groups in total. The van der Waals surface area contributed by atoms with Crippen molar-refractivity contribution in [2.75, 3.05) is 31.1 Å². The third-order valence-corrected chi connectivity index (χ3v) is 6.73. The summed E-state index contributed by atoms with van der Waals surface area (Å²) < 4.78 is 0. The summed E-state index contributed by atoms with van der Waals surface area (Å²) in [5.74, 6) is 0.446. The Balaban J connectivity index is 1.68. The van der Waals surface area contributed by atoms with Crippen molar-refractivity contribution in [2.45, 2.75) is 83.6 Å². The lowest BCUT2D eigenvalue weighted by Crippen LogP contribution is -2.50. The molecular weight excluding hydrogens is 336 g/mol. The van der Waals surface area contributed by atoms with Crippen molar-refractivity contribution in [2.24, 2.45) is 0 Å². The van der Waals surface area contributed by atoms with Crippen LogP contribution in [0.15, 0.2) is 12.1 Å². The summed E-state index contributed by atoms with van der Waals surface area (Å²) in [6, 6.07) is 4.49. The van der Waals surface area contributed by atoms with E-state index >= 15 is 0 Å². The molecule has 4 nitrogen and oxygen atoms in total. The highest BCUT2D eigenvalue weighted by Gasteiger charge is 2.29. The van der Waals surface area contributed by atoms with Gasteiger partial charge < -0.3 is 15.1 Å². The molecule has 0 radical (unpaired) electrons. The number of aromatic hydroxyl groups is 2. The van der Waals surface area contributed by atoms with Gasteiger partial charge in [0.2, 0.25) is 0 Å². The molecule has 2 aliphatic rings. The van der Waals surface area contributed by atoms with Crippen LogP contribution in [0, 0.1) is 0 Å². The molecule has 0 unspecified atom stereocenters. The van der Waals surface area contributed by atoms with Crippen molar-refractivity contribution < 1.29 is 10.2 Å². The van der Waals surface area contributed by atoms with E-state index in [9.17, 15) is 10.2 Å². The molecular formula is C23H38N2O2. The third-order valence-electron chi connectivity index (χ3n) is 6.73. The van der Waals surface area contributed by atoms with Crippen LogP contribution in [-0.2, 0) is 5.41 Å². The Bertz CT molecular complexity index is 592. The largest absolute Gasteiger partial charge is 0.506 e. The second kappa shape index (κ2) is 8.72. The van der Waals surface area contributed by atoms with E-state index in [-0.39, 0.29) is 16.9 Å². The molecule has 3 rings (SSSR count). The van der Waals surface area contributed by atoms with Crippen LogP contribution in [0.25, 0.3) is 0 Å². The number of piperazine rings is 1. The van der Waals surface area contributed by atoms with Gasteiger partial charge in [0, 0.05) is 32.2 Å². The molecule has 1 aromatic carbocycles. The Kier molecular flexibility index (Phi) is 6.56. The molecule has 1 aliphatic heterocycles. The molecule has 0 atom stereocenters. The predicted octanol–water partition coefficient (Wildman–Crippen LogP) is 5.02. The minimum absolute atomic E-state index is 0.0385. The van der Waals surface area contributed by atoms with Crippen molar-refractivity contribution in [3.05, 3.63) is 17.7 Å². The smallest absolute Gasteiger partial charge is 0.143 e. The van der Waals surface area contributed by atoms with E-state index in [1.54, 1.807) is 0 Å². The molecule has 1 aromatic rings. The lowest BCUT2D eigenvalue weighted by molar-refractivity contribution is 0.147. The molecule has 4 heteroatoms. The summed E-state index contributed by atoms with van der Waals surface area (Å²) in [5, 5.41) is 21.4. The zero-order valence-corrected chi connectivity index (χ0v) is 17.5.